The van der Waals surface area contributed by atoms with Gasteiger partial charge in [0.25, 0.3) is 0 Å². The maximum Gasteiger partial charge on any atom is 0.303 e. The van der Waals surface area contributed by atoms with Crippen LogP contribution in [-0.2, 0) is 9.53 Å². The molecule has 4 aliphatic rings. The fourth-order valence-electron chi connectivity index (χ4n) is 9.72. The Kier molecular flexibility index (Phi) is 7.47. The zero-order valence-corrected chi connectivity index (χ0v) is 23.7. The van der Waals surface area contributed by atoms with Crippen molar-refractivity contribution < 1.29 is 30.0 Å². The highest BCUT2D eigenvalue weighted by Gasteiger charge is 2.69. The number of hydrogen-bond acceptors (Lipinski definition) is 6. The molecule has 12 atom stereocenters. The van der Waals surface area contributed by atoms with E-state index in [0.717, 1.165) is 25.7 Å². The minimum absolute atomic E-state index is 0.157. The van der Waals surface area contributed by atoms with Gasteiger partial charge in [-0.3, -0.25) is 4.79 Å². The van der Waals surface area contributed by atoms with Crippen molar-refractivity contribution in [2.24, 2.45) is 46.3 Å². The number of hydrogen-bond donors (Lipinski definition) is 4. The summed E-state index contributed by atoms with van der Waals surface area (Å²) in [5.41, 5.74) is -2.47. The number of esters is 1. The molecule has 4 N–H and O–H groups in total. The Morgan fingerprint density at radius 1 is 1.00 bits per heavy atom. The van der Waals surface area contributed by atoms with E-state index in [1.165, 1.54) is 6.92 Å². The maximum absolute atomic E-state index is 11.8. The zero-order chi connectivity index (χ0) is 26.8. The van der Waals surface area contributed by atoms with Crippen molar-refractivity contribution in [1.29, 1.82) is 0 Å². The number of carbonyl (C=O) groups excluding carboxylic acids is 1. The molecule has 0 aromatic carbocycles. The van der Waals surface area contributed by atoms with Gasteiger partial charge in [0.05, 0.1) is 23.9 Å². The van der Waals surface area contributed by atoms with Gasteiger partial charge in [0, 0.05) is 18.8 Å². The van der Waals surface area contributed by atoms with Crippen molar-refractivity contribution in [2.75, 3.05) is 0 Å². The number of carbonyl (C=O) groups is 1. The molecule has 4 rings (SSSR count). The summed E-state index contributed by atoms with van der Waals surface area (Å²) in [5, 5.41) is 45.0. The first-order chi connectivity index (χ1) is 16.6. The summed E-state index contributed by atoms with van der Waals surface area (Å²) >= 11 is 0. The second kappa shape index (κ2) is 9.50. The van der Waals surface area contributed by atoms with Crippen LogP contribution in [-0.4, -0.2) is 55.9 Å². The Morgan fingerprint density at radius 2 is 1.67 bits per heavy atom. The Labute approximate surface area is 218 Å². The monoisotopic (exact) mass is 508 g/mol. The number of rotatable bonds is 6. The molecular formula is C30H52O6. The lowest BCUT2D eigenvalue weighted by Gasteiger charge is -2.66. The largest absolute Gasteiger partial charge is 0.460 e. The average Bonchev–Trinajstić information content (AvgIpc) is 3.13. The Morgan fingerprint density at radius 3 is 2.31 bits per heavy atom. The summed E-state index contributed by atoms with van der Waals surface area (Å²) in [7, 11) is 0. The van der Waals surface area contributed by atoms with E-state index in [0.29, 0.717) is 43.4 Å². The Hall–Kier alpha value is -0.690. The fourth-order valence-corrected chi connectivity index (χ4v) is 9.72. The van der Waals surface area contributed by atoms with Gasteiger partial charge in [0.2, 0.25) is 0 Å². The van der Waals surface area contributed by atoms with Gasteiger partial charge in [-0.1, -0.05) is 34.1 Å². The summed E-state index contributed by atoms with van der Waals surface area (Å²) < 4.78 is 5.58. The SMILES string of the molecule is CC(=O)OC(C)(C)[C@H](C)CC[C@@H](C)[C@H]1CC[C@H]2[C@@H]3C[C@@H](O)[C@@]4(O)C[C@@H](O)CC[C@]4(C)[C@H]3C[C@@H](O)[C@]12C. The summed E-state index contributed by atoms with van der Waals surface area (Å²) in [5.74, 6) is 1.61. The molecule has 0 saturated heterocycles. The van der Waals surface area contributed by atoms with Crippen LogP contribution in [0.4, 0.5) is 0 Å². The van der Waals surface area contributed by atoms with E-state index in [1.807, 2.05) is 13.8 Å². The first-order valence-corrected chi connectivity index (χ1v) is 14.5. The van der Waals surface area contributed by atoms with Crippen molar-refractivity contribution in [3.05, 3.63) is 0 Å². The lowest BCUT2D eigenvalue weighted by atomic mass is 9.41. The second-order valence-electron chi connectivity index (χ2n) is 14.3. The topological polar surface area (TPSA) is 107 Å². The number of aliphatic hydroxyl groups excluding tert-OH is 3. The first kappa shape index (κ1) is 28.3. The summed E-state index contributed by atoms with van der Waals surface area (Å²) in [4.78, 5) is 11.5. The molecule has 0 aromatic rings. The molecule has 6 heteroatoms. The van der Waals surface area contributed by atoms with Gasteiger partial charge >= 0.3 is 5.97 Å². The van der Waals surface area contributed by atoms with Crippen LogP contribution in [0.2, 0.25) is 0 Å². The van der Waals surface area contributed by atoms with Crippen molar-refractivity contribution in [2.45, 2.75) is 136 Å². The van der Waals surface area contributed by atoms with E-state index in [1.54, 1.807) is 0 Å². The molecule has 0 aliphatic heterocycles. The molecule has 208 valence electrons. The number of fused-ring (bicyclic) bond motifs is 5. The van der Waals surface area contributed by atoms with Gasteiger partial charge < -0.3 is 25.2 Å². The predicted molar refractivity (Wildman–Crippen MR) is 139 cm³/mol. The molecule has 0 bridgehead atoms. The first-order valence-electron chi connectivity index (χ1n) is 14.5. The summed E-state index contributed by atoms with van der Waals surface area (Å²) in [6.45, 7) is 14.3. The number of aliphatic hydroxyl groups is 4. The minimum Gasteiger partial charge on any atom is -0.460 e. The van der Waals surface area contributed by atoms with Crippen LogP contribution in [0.25, 0.3) is 0 Å². The van der Waals surface area contributed by atoms with Crippen LogP contribution < -0.4 is 0 Å². The summed E-state index contributed by atoms with van der Waals surface area (Å²) in [6, 6.07) is 0. The molecule has 36 heavy (non-hydrogen) atoms. The minimum atomic E-state index is -1.28. The molecule has 6 nitrogen and oxygen atoms in total. The smallest absolute Gasteiger partial charge is 0.303 e. The van der Waals surface area contributed by atoms with Crippen molar-refractivity contribution in [3.8, 4) is 0 Å². The van der Waals surface area contributed by atoms with Crippen LogP contribution in [0.1, 0.15) is 106 Å². The highest BCUT2D eigenvalue weighted by atomic mass is 16.6. The van der Waals surface area contributed by atoms with Crippen LogP contribution in [0, 0.1) is 46.3 Å². The van der Waals surface area contributed by atoms with Crippen LogP contribution in [0.3, 0.4) is 0 Å². The third kappa shape index (κ3) is 4.26. The van der Waals surface area contributed by atoms with Crippen molar-refractivity contribution in [3.63, 3.8) is 0 Å². The highest BCUT2D eigenvalue weighted by Crippen LogP contribution is 2.69. The molecule has 0 spiro atoms. The zero-order valence-electron chi connectivity index (χ0n) is 23.7. The molecule has 0 radical (unpaired) electrons. The van der Waals surface area contributed by atoms with Crippen LogP contribution in [0.15, 0.2) is 0 Å². The fraction of sp³-hybridized carbons (Fsp3) is 0.967. The van der Waals surface area contributed by atoms with Gasteiger partial charge in [-0.2, -0.15) is 0 Å². The van der Waals surface area contributed by atoms with Crippen molar-refractivity contribution in [1.82, 2.24) is 0 Å². The Balaban J connectivity index is 1.51. The van der Waals surface area contributed by atoms with Crippen LogP contribution in [0.5, 0.6) is 0 Å². The van der Waals surface area contributed by atoms with E-state index in [-0.39, 0.29) is 35.6 Å². The molecule has 0 amide bonds. The molecule has 4 fully saturated rings. The van der Waals surface area contributed by atoms with Gasteiger partial charge in [0.1, 0.15) is 5.60 Å². The molecule has 4 saturated carbocycles. The Bertz CT molecular complexity index is 828. The van der Waals surface area contributed by atoms with E-state index in [2.05, 4.69) is 27.7 Å². The summed E-state index contributed by atoms with van der Waals surface area (Å²) in [6.07, 6.45) is 5.08. The predicted octanol–water partition coefficient (Wildman–Crippen LogP) is 4.46. The highest BCUT2D eigenvalue weighted by molar-refractivity contribution is 5.66. The quantitative estimate of drug-likeness (QED) is 0.395. The standard InChI is InChI=1S/C30H52O6/c1-17(8-9-18(2)27(4,5)36-19(3)31)22-10-11-23-21-14-26(34)30(35)16-20(32)12-13-28(30,6)24(21)15-25(33)29(22,23)7/h17-18,20-26,32-35H,8-16H2,1-7H3/t17-,18-,20+,21+,22-,23+,24+,25-,26-,28-,29-,30+/m1/s1. The molecular weight excluding hydrogens is 456 g/mol. The van der Waals surface area contributed by atoms with E-state index in [4.69, 9.17) is 4.74 Å². The second-order valence-corrected chi connectivity index (χ2v) is 14.3. The molecule has 4 aliphatic carbocycles. The lowest BCUT2D eigenvalue weighted by Crippen LogP contribution is -2.70. The normalized spacial score (nSPS) is 48.4. The number of ether oxygens (including phenoxy) is 1. The third-order valence-electron chi connectivity index (χ3n) is 12.3. The molecule has 0 unspecified atom stereocenters. The maximum atomic E-state index is 11.8. The molecule has 0 heterocycles. The van der Waals surface area contributed by atoms with E-state index >= 15 is 0 Å². The molecule has 0 aromatic heterocycles. The van der Waals surface area contributed by atoms with E-state index < -0.39 is 34.9 Å². The lowest BCUT2D eigenvalue weighted by molar-refractivity contribution is -0.275. The van der Waals surface area contributed by atoms with Gasteiger partial charge in [-0.25, -0.2) is 0 Å². The van der Waals surface area contributed by atoms with Gasteiger partial charge in [-0.05, 0) is 99.7 Å². The third-order valence-corrected chi connectivity index (χ3v) is 12.3. The van der Waals surface area contributed by atoms with Gasteiger partial charge in [0.15, 0.2) is 0 Å². The van der Waals surface area contributed by atoms with E-state index in [9.17, 15) is 25.2 Å². The van der Waals surface area contributed by atoms with Crippen molar-refractivity contribution >= 4 is 5.97 Å². The van der Waals surface area contributed by atoms with Crippen LogP contribution >= 0.6 is 0 Å². The van der Waals surface area contributed by atoms with Gasteiger partial charge in [-0.15, -0.1) is 0 Å². The average molecular weight is 509 g/mol.